The lowest BCUT2D eigenvalue weighted by atomic mass is 10.1. The molecular weight excluding hydrogens is 352 g/mol. The summed E-state index contributed by atoms with van der Waals surface area (Å²) in [7, 11) is -3.79. The molecule has 1 amide bonds. The first-order valence-corrected chi connectivity index (χ1v) is 9.97. The Bertz CT molecular complexity index is 954. The molecular formula is C19H22N2O4S. The van der Waals surface area contributed by atoms with Crippen LogP contribution in [0.4, 0.5) is 11.4 Å². The predicted molar refractivity (Wildman–Crippen MR) is 101 cm³/mol. The van der Waals surface area contributed by atoms with E-state index in [2.05, 4.69) is 4.72 Å². The molecule has 0 bridgehead atoms. The Kier molecular flexibility index (Phi) is 4.91. The van der Waals surface area contributed by atoms with Crippen LogP contribution in [0.25, 0.3) is 0 Å². The van der Waals surface area contributed by atoms with Gasteiger partial charge in [0.1, 0.15) is 10.6 Å². The van der Waals surface area contributed by atoms with E-state index >= 15 is 0 Å². The molecule has 6 nitrogen and oxygen atoms in total. The number of fused-ring (bicyclic) bond motifs is 1. The number of nitrogens with zero attached hydrogens (tertiary/aromatic N) is 1. The van der Waals surface area contributed by atoms with E-state index in [0.717, 1.165) is 16.8 Å². The Morgan fingerprint density at radius 3 is 2.69 bits per heavy atom. The van der Waals surface area contributed by atoms with Gasteiger partial charge in [-0.1, -0.05) is 6.07 Å². The van der Waals surface area contributed by atoms with Crippen molar-refractivity contribution in [2.45, 2.75) is 32.1 Å². The topological polar surface area (TPSA) is 75.7 Å². The fraction of sp³-hybridized carbons (Fsp3) is 0.316. The van der Waals surface area contributed by atoms with Gasteiger partial charge in [0.05, 0.1) is 6.61 Å². The second kappa shape index (κ2) is 6.99. The maximum Gasteiger partial charge on any atom is 0.265 e. The number of hydrogen-bond donors (Lipinski definition) is 1. The highest BCUT2D eigenvalue weighted by Gasteiger charge is 2.24. The highest BCUT2D eigenvalue weighted by molar-refractivity contribution is 7.92. The van der Waals surface area contributed by atoms with Gasteiger partial charge in [-0.2, -0.15) is 0 Å². The summed E-state index contributed by atoms with van der Waals surface area (Å²) in [6.07, 6.45) is 0.707. The van der Waals surface area contributed by atoms with Crippen molar-refractivity contribution in [3.05, 3.63) is 47.5 Å². The number of ether oxygens (including phenoxy) is 1. The van der Waals surface area contributed by atoms with Crippen molar-refractivity contribution >= 4 is 27.3 Å². The predicted octanol–water partition coefficient (Wildman–Crippen LogP) is 3.10. The third-order valence-electron chi connectivity index (χ3n) is 4.30. The van der Waals surface area contributed by atoms with Crippen molar-refractivity contribution in [1.29, 1.82) is 0 Å². The second-order valence-electron chi connectivity index (χ2n) is 6.25. The molecule has 138 valence electrons. The number of rotatable bonds is 5. The summed E-state index contributed by atoms with van der Waals surface area (Å²) in [5.41, 5.74) is 3.10. The summed E-state index contributed by atoms with van der Waals surface area (Å²) < 4.78 is 33.8. The van der Waals surface area contributed by atoms with Crippen LogP contribution in [-0.2, 0) is 21.2 Å². The molecule has 0 unspecified atom stereocenters. The Morgan fingerprint density at radius 2 is 2.00 bits per heavy atom. The maximum atomic E-state index is 12.9. The van der Waals surface area contributed by atoms with Gasteiger partial charge in [-0.05, 0) is 61.7 Å². The number of hydrogen-bond acceptors (Lipinski definition) is 4. The van der Waals surface area contributed by atoms with Crippen LogP contribution in [-0.4, -0.2) is 27.5 Å². The van der Waals surface area contributed by atoms with Crippen molar-refractivity contribution < 1.29 is 17.9 Å². The average molecular weight is 374 g/mol. The van der Waals surface area contributed by atoms with Crippen molar-refractivity contribution in [1.82, 2.24) is 0 Å². The molecule has 2 aromatic rings. The van der Waals surface area contributed by atoms with Gasteiger partial charge >= 0.3 is 0 Å². The molecule has 1 heterocycles. The minimum Gasteiger partial charge on any atom is -0.492 e. The first-order valence-electron chi connectivity index (χ1n) is 8.49. The zero-order valence-corrected chi connectivity index (χ0v) is 15.9. The van der Waals surface area contributed by atoms with Crippen molar-refractivity contribution in [2.75, 3.05) is 22.8 Å². The van der Waals surface area contributed by atoms with Crippen LogP contribution in [0.2, 0.25) is 0 Å². The molecule has 1 N–H and O–H groups in total. The summed E-state index contributed by atoms with van der Waals surface area (Å²) in [6, 6.07) is 10.3. The Morgan fingerprint density at radius 1 is 1.23 bits per heavy atom. The number of aryl methyl sites for hydroxylation is 1. The molecule has 0 aromatic heterocycles. The molecule has 1 aliphatic heterocycles. The molecule has 0 fully saturated rings. The molecule has 0 saturated carbocycles. The van der Waals surface area contributed by atoms with E-state index in [1.54, 1.807) is 35.2 Å². The van der Waals surface area contributed by atoms with E-state index in [0.29, 0.717) is 31.0 Å². The first kappa shape index (κ1) is 18.3. The monoisotopic (exact) mass is 374 g/mol. The Hall–Kier alpha value is -2.54. The van der Waals surface area contributed by atoms with Crippen LogP contribution in [0.1, 0.15) is 25.0 Å². The quantitative estimate of drug-likeness (QED) is 0.873. The van der Waals surface area contributed by atoms with Gasteiger partial charge in [-0.25, -0.2) is 8.42 Å². The van der Waals surface area contributed by atoms with Crippen molar-refractivity contribution in [2.24, 2.45) is 0 Å². The third-order valence-corrected chi connectivity index (χ3v) is 5.70. The zero-order chi connectivity index (χ0) is 18.9. The van der Waals surface area contributed by atoms with Crippen LogP contribution in [0.5, 0.6) is 5.75 Å². The fourth-order valence-electron chi connectivity index (χ4n) is 3.10. The summed E-state index contributed by atoms with van der Waals surface area (Å²) >= 11 is 0. The standard InChI is InChI=1S/C19H22N2O4S/c1-4-25-18-8-5-13(2)11-19(18)26(23,24)20-16-6-7-17-15(12-16)9-10-21(17)14(3)22/h5-8,11-12,20H,4,9-10H2,1-3H3. The SMILES string of the molecule is CCOc1ccc(C)cc1S(=O)(=O)Nc1ccc2c(c1)CCN2C(C)=O. The molecule has 1 aliphatic rings. The third kappa shape index (κ3) is 3.53. The average Bonchev–Trinajstić information content (AvgIpc) is 2.99. The van der Waals surface area contributed by atoms with Crippen molar-refractivity contribution in [3.63, 3.8) is 0 Å². The van der Waals surface area contributed by atoms with E-state index in [-0.39, 0.29) is 10.8 Å². The van der Waals surface area contributed by atoms with E-state index in [1.807, 2.05) is 19.9 Å². The molecule has 0 spiro atoms. The Labute approximate surface area is 153 Å². The number of carbonyl (C=O) groups is 1. The van der Waals surface area contributed by atoms with E-state index in [4.69, 9.17) is 4.74 Å². The smallest absolute Gasteiger partial charge is 0.265 e. The summed E-state index contributed by atoms with van der Waals surface area (Å²) in [6.45, 7) is 6.17. The molecule has 0 atom stereocenters. The van der Waals surface area contributed by atoms with Gasteiger partial charge in [0.15, 0.2) is 0 Å². The number of carbonyl (C=O) groups excluding carboxylic acids is 1. The van der Waals surface area contributed by atoms with Crippen LogP contribution in [0, 0.1) is 6.92 Å². The van der Waals surface area contributed by atoms with Gasteiger partial charge in [-0.15, -0.1) is 0 Å². The van der Waals surface area contributed by atoms with Gasteiger partial charge in [0.2, 0.25) is 5.91 Å². The van der Waals surface area contributed by atoms with Gasteiger partial charge in [0, 0.05) is 24.8 Å². The summed E-state index contributed by atoms with van der Waals surface area (Å²) in [5.74, 6) is 0.313. The fourth-order valence-corrected chi connectivity index (χ4v) is 4.38. The molecule has 0 saturated heterocycles. The molecule has 0 aliphatic carbocycles. The lowest BCUT2D eigenvalue weighted by Crippen LogP contribution is -2.25. The number of anilines is 2. The van der Waals surface area contributed by atoms with Gasteiger partial charge < -0.3 is 9.64 Å². The normalized spacial score (nSPS) is 13.4. The Balaban J connectivity index is 1.92. The van der Waals surface area contributed by atoms with Crippen LogP contribution < -0.4 is 14.4 Å². The number of sulfonamides is 1. The first-order chi connectivity index (χ1) is 12.3. The number of nitrogens with one attached hydrogen (secondary N) is 1. The minimum absolute atomic E-state index is 0.0156. The molecule has 26 heavy (non-hydrogen) atoms. The lowest BCUT2D eigenvalue weighted by molar-refractivity contribution is -0.116. The van der Waals surface area contributed by atoms with E-state index in [1.165, 1.54) is 6.92 Å². The summed E-state index contributed by atoms with van der Waals surface area (Å²) in [5, 5.41) is 0. The van der Waals surface area contributed by atoms with E-state index in [9.17, 15) is 13.2 Å². The maximum absolute atomic E-state index is 12.9. The summed E-state index contributed by atoms with van der Waals surface area (Å²) in [4.78, 5) is 13.5. The second-order valence-corrected chi connectivity index (χ2v) is 7.90. The van der Waals surface area contributed by atoms with Gasteiger partial charge in [-0.3, -0.25) is 9.52 Å². The van der Waals surface area contributed by atoms with Gasteiger partial charge in [0.25, 0.3) is 10.0 Å². The molecule has 0 radical (unpaired) electrons. The molecule has 7 heteroatoms. The molecule has 2 aromatic carbocycles. The van der Waals surface area contributed by atoms with E-state index < -0.39 is 10.0 Å². The van der Waals surface area contributed by atoms with Crippen LogP contribution >= 0.6 is 0 Å². The molecule has 3 rings (SSSR count). The highest BCUT2D eigenvalue weighted by atomic mass is 32.2. The minimum atomic E-state index is -3.79. The number of benzene rings is 2. The largest absolute Gasteiger partial charge is 0.492 e. The lowest BCUT2D eigenvalue weighted by Gasteiger charge is -2.16. The number of amides is 1. The zero-order valence-electron chi connectivity index (χ0n) is 15.1. The van der Waals surface area contributed by atoms with Crippen LogP contribution in [0.15, 0.2) is 41.3 Å². The van der Waals surface area contributed by atoms with Crippen molar-refractivity contribution in [3.8, 4) is 5.75 Å². The highest BCUT2D eigenvalue weighted by Crippen LogP contribution is 2.32. The van der Waals surface area contributed by atoms with Crippen LogP contribution in [0.3, 0.4) is 0 Å².